The molecule has 1 aromatic rings. The van der Waals surface area contributed by atoms with Gasteiger partial charge in [-0.25, -0.2) is 4.79 Å². The van der Waals surface area contributed by atoms with E-state index in [-0.39, 0.29) is 5.69 Å². The highest BCUT2D eigenvalue weighted by atomic mass is 32.2. The number of hydrogen-bond acceptors (Lipinski definition) is 6. The first-order valence-corrected chi connectivity index (χ1v) is 7.67. The number of anilines is 1. The lowest BCUT2D eigenvalue weighted by Gasteiger charge is -2.30. The number of rotatable bonds is 5. The number of non-ortho nitro benzene ring substituents is 1. The van der Waals surface area contributed by atoms with Crippen molar-refractivity contribution < 1.29 is 14.5 Å². The lowest BCUT2D eigenvalue weighted by molar-refractivity contribution is -0.384. The number of amides is 1. The van der Waals surface area contributed by atoms with Crippen molar-refractivity contribution in [2.75, 3.05) is 36.9 Å². The van der Waals surface area contributed by atoms with Crippen LogP contribution in [0.2, 0.25) is 0 Å². The van der Waals surface area contributed by atoms with Gasteiger partial charge in [-0.2, -0.15) is 0 Å². The molecule has 2 rings (SSSR count). The van der Waals surface area contributed by atoms with E-state index < -0.39 is 11.0 Å². The SMILES string of the molecule is CCOC(=O)NCCN1CCSc2ccc([N+](=O)[O-])cc21. The summed E-state index contributed by atoms with van der Waals surface area (Å²) in [6, 6.07) is 4.89. The summed E-state index contributed by atoms with van der Waals surface area (Å²) in [7, 11) is 0. The summed E-state index contributed by atoms with van der Waals surface area (Å²) in [5.74, 6) is 0.921. The Morgan fingerprint density at radius 1 is 1.57 bits per heavy atom. The lowest BCUT2D eigenvalue weighted by Crippen LogP contribution is -2.37. The minimum Gasteiger partial charge on any atom is -0.450 e. The maximum Gasteiger partial charge on any atom is 0.407 e. The van der Waals surface area contributed by atoms with Gasteiger partial charge in [0, 0.05) is 42.4 Å². The van der Waals surface area contributed by atoms with Crippen LogP contribution in [0.15, 0.2) is 23.1 Å². The fourth-order valence-corrected chi connectivity index (χ4v) is 3.11. The van der Waals surface area contributed by atoms with E-state index in [1.165, 1.54) is 6.07 Å². The highest BCUT2D eigenvalue weighted by molar-refractivity contribution is 7.99. The first-order valence-electron chi connectivity index (χ1n) is 6.68. The standard InChI is InChI=1S/C13H17N3O4S/c1-2-20-13(17)14-5-6-15-7-8-21-12-4-3-10(16(18)19)9-11(12)15/h3-4,9H,2,5-8H2,1H3,(H,14,17). The average molecular weight is 311 g/mol. The number of nitrogens with zero attached hydrogens (tertiary/aromatic N) is 2. The molecule has 1 aliphatic heterocycles. The molecule has 0 spiro atoms. The Kier molecular flexibility index (Phi) is 5.26. The minimum atomic E-state index is -0.442. The monoisotopic (exact) mass is 311 g/mol. The number of alkyl carbamates (subject to hydrolysis) is 1. The second-order valence-corrected chi connectivity index (χ2v) is 5.53. The number of ether oxygens (including phenoxy) is 1. The highest BCUT2D eigenvalue weighted by Crippen LogP contribution is 2.36. The predicted octanol–water partition coefficient (Wildman–Crippen LogP) is 2.25. The summed E-state index contributed by atoms with van der Waals surface area (Å²) in [5, 5.41) is 13.5. The highest BCUT2D eigenvalue weighted by Gasteiger charge is 2.20. The molecule has 0 atom stereocenters. The maximum absolute atomic E-state index is 11.2. The van der Waals surface area contributed by atoms with E-state index in [1.54, 1.807) is 30.8 Å². The van der Waals surface area contributed by atoms with Crippen molar-refractivity contribution in [1.29, 1.82) is 0 Å². The number of nitrogens with one attached hydrogen (secondary N) is 1. The Hall–Kier alpha value is -1.96. The number of carbonyl (C=O) groups is 1. The molecule has 1 heterocycles. The van der Waals surface area contributed by atoms with Gasteiger partial charge in [0.15, 0.2) is 0 Å². The lowest BCUT2D eigenvalue weighted by atomic mass is 10.2. The molecule has 0 saturated heterocycles. The molecule has 21 heavy (non-hydrogen) atoms. The topological polar surface area (TPSA) is 84.7 Å². The molecular weight excluding hydrogens is 294 g/mol. The molecule has 0 radical (unpaired) electrons. The van der Waals surface area contributed by atoms with Crippen molar-refractivity contribution in [3.05, 3.63) is 28.3 Å². The van der Waals surface area contributed by atoms with Crippen molar-refractivity contribution in [2.24, 2.45) is 0 Å². The molecule has 0 aliphatic carbocycles. The summed E-state index contributed by atoms with van der Waals surface area (Å²) < 4.78 is 4.79. The van der Waals surface area contributed by atoms with Gasteiger partial charge in [0.05, 0.1) is 17.2 Å². The second kappa shape index (κ2) is 7.16. The van der Waals surface area contributed by atoms with E-state index in [2.05, 4.69) is 5.32 Å². The van der Waals surface area contributed by atoms with Crippen LogP contribution in [0.5, 0.6) is 0 Å². The maximum atomic E-state index is 11.2. The molecule has 0 saturated carbocycles. The fraction of sp³-hybridized carbons (Fsp3) is 0.462. The Bertz CT molecular complexity index is 538. The third-order valence-corrected chi connectivity index (χ3v) is 4.08. The molecule has 7 nitrogen and oxygen atoms in total. The zero-order chi connectivity index (χ0) is 15.2. The number of carbonyl (C=O) groups excluding carboxylic acids is 1. The van der Waals surface area contributed by atoms with Gasteiger partial charge in [-0.3, -0.25) is 10.1 Å². The molecular formula is C13H17N3O4S. The van der Waals surface area contributed by atoms with Gasteiger partial charge in [-0.05, 0) is 13.0 Å². The Morgan fingerprint density at radius 2 is 2.38 bits per heavy atom. The smallest absolute Gasteiger partial charge is 0.407 e. The molecule has 1 amide bonds. The molecule has 0 fully saturated rings. The molecule has 1 N–H and O–H groups in total. The number of thioether (sulfide) groups is 1. The Balaban J connectivity index is 2.01. The summed E-state index contributed by atoms with van der Waals surface area (Å²) in [6.07, 6.45) is -0.442. The van der Waals surface area contributed by atoms with Crippen LogP contribution < -0.4 is 10.2 Å². The molecule has 1 aliphatic rings. The second-order valence-electron chi connectivity index (χ2n) is 4.39. The zero-order valence-corrected chi connectivity index (χ0v) is 12.5. The molecule has 0 unspecified atom stereocenters. The van der Waals surface area contributed by atoms with Crippen molar-refractivity contribution in [2.45, 2.75) is 11.8 Å². The van der Waals surface area contributed by atoms with Crippen LogP contribution in [-0.2, 0) is 4.74 Å². The number of benzene rings is 1. The summed E-state index contributed by atoms with van der Waals surface area (Å²) >= 11 is 1.68. The van der Waals surface area contributed by atoms with Crippen LogP contribution in [0, 0.1) is 10.1 Å². The van der Waals surface area contributed by atoms with Gasteiger partial charge in [0.2, 0.25) is 0 Å². The average Bonchev–Trinajstić information content (AvgIpc) is 2.47. The summed E-state index contributed by atoms with van der Waals surface area (Å²) in [6.45, 7) is 3.90. The van der Waals surface area contributed by atoms with Crippen molar-refractivity contribution in [3.63, 3.8) is 0 Å². The van der Waals surface area contributed by atoms with Crippen LogP contribution in [0.1, 0.15) is 6.92 Å². The third-order valence-electron chi connectivity index (χ3n) is 3.04. The summed E-state index contributed by atoms with van der Waals surface area (Å²) in [5.41, 5.74) is 0.936. The van der Waals surface area contributed by atoms with E-state index in [9.17, 15) is 14.9 Å². The van der Waals surface area contributed by atoms with Crippen molar-refractivity contribution in [3.8, 4) is 0 Å². The molecule has 0 aromatic heterocycles. The zero-order valence-electron chi connectivity index (χ0n) is 11.7. The number of nitro groups is 1. The third kappa shape index (κ3) is 4.01. The predicted molar refractivity (Wildman–Crippen MR) is 81.1 cm³/mol. The van der Waals surface area contributed by atoms with E-state index >= 15 is 0 Å². The van der Waals surface area contributed by atoms with E-state index in [0.29, 0.717) is 19.7 Å². The van der Waals surface area contributed by atoms with E-state index in [1.807, 2.05) is 4.90 Å². The van der Waals surface area contributed by atoms with Gasteiger partial charge in [-0.15, -0.1) is 11.8 Å². The first kappa shape index (κ1) is 15.4. The van der Waals surface area contributed by atoms with E-state index in [4.69, 9.17) is 4.74 Å². The van der Waals surface area contributed by atoms with Gasteiger partial charge in [-0.1, -0.05) is 0 Å². The fourth-order valence-electron chi connectivity index (χ4n) is 2.08. The summed E-state index contributed by atoms with van der Waals surface area (Å²) in [4.78, 5) is 24.8. The number of nitro benzene ring substituents is 1. The molecule has 8 heteroatoms. The normalized spacial score (nSPS) is 13.5. The number of fused-ring (bicyclic) bond motifs is 1. The van der Waals surface area contributed by atoms with Crippen molar-refractivity contribution >= 4 is 29.2 Å². The Labute approximate surface area is 126 Å². The van der Waals surface area contributed by atoms with Crippen molar-refractivity contribution in [1.82, 2.24) is 5.32 Å². The quantitative estimate of drug-likeness (QED) is 0.663. The number of hydrogen-bond donors (Lipinski definition) is 1. The van der Waals surface area contributed by atoms with Gasteiger partial charge in [0.25, 0.3) is 5.69 Å². The Morgan fingerprint density at radius 3 is 3.10 bits per heavy atom. The van der Waals surface area contributed by atoms with Crippen LogP contribution in [-0.4, -0.2) is 43.0 Å². The van der Waals surface area contributed by atoms with Crippen LogP contribution in [0.3, 0.4) is 0 Å². The molecule has 0 bridgehead atoms. The minimum absolute atomic E-state index is 0.0830. The first-order chi connectivity index (χ1) is 10.1. The molecule has 114 valence electrons. The van der Waals surface area contributed by atoms with E-state index in [0.717, 1.165) is 22.9 Å². The van der Waals surface area contributed by atoms with Gasteiger partial charge < -0.3 is 15.0 Å². The van der Waals surface area contributed by atoms with Gasteiger partial charge in [0.1, 0.15) is 0 Å². The van der Waals surface area contributed by atoms with Crippen LogP contribution in [0.4, 0.5) is 16.2 Å². The molecule has 1 aromatic carbocycles. The van der Waals surface area contributed by atoms with Crippen LogP contribution in [0.25, 0.3) is 0 Å². The van der Waals surface area contributed by atoms with Crippen LogP contribution >= 0.6 is 11.8 Å². The van der Waals surface area contributed by atoms with Gasteiger partial charge >= 0.3 is 6.09 Å². The largest absolute Gasteiger partial charge is 0.450 e.